The third-order valence-corrected chi connectivity index (χ3v) is 8.43. The van der Waals surface area contributed by atoms with Crippen molar-refractivity contribution in [2.45, 2.75) is 0 Å². The molecule has 0 unspecified atom stereocenters. The van der Waals surface area contributed by atoms with Gasteiger partial charge in [0, 0.05) is 29.1 Å². The third kappa shape index (κ3) is 6.15. The summed E-state index contributed by atoms with van der Waals surface area (Å²) in [5.41, 5.74) is 11.7. The smallest absolute Gasteiger partial charge is 0.164 e. The number of hydrogen-bond acceptors (Lipinski definition) is 4. The number of hydrogen-bond donors (Lipinski definition) is 0. The average molecular weight is 615 g/mol. The molecule has 8 rings (SSSR count). The van der Waals surface area contributed by atoms with Gasteiger partial charge in [0.25, 0.3) is 0 Å². The van der Waals surface area contributed by atoms with Crippen LogP contribution in [0.2, 0.25) is 0 Å². The van der Waals surface area contributed by atoms with Crippen LogP contribution in [-0.2, 0) is 0 Å². The molecule has 0 saturated carbocycles. The Morgan fingerprint density at radius 2 is 0.583 bits per heavy atom. The maximum absolute atomic E-state index is 5.10. The highest BCUT2D eigenvalue weighted by Gasteiger charge is 2.15. The highest BCUT2D eigenvalue weighted by molar-refractivity contribution is 5.81. The molecule has 4 heteroatoms. The van der Waals surface area contributed by atoms with Gasteiger partial charge in [0.05, 0.1) is 0 Å². The molecule has 0 spiro atoms. The van der Waals surface area contributed by atoms with Gasteiger partial charge in [-0.15, -0.1) is 0 Å². The van der Waals surface area contributed by atoms with Crippen molar-refractivity contribution in [1.82, 2.24) is 19.9 Å². The van der Waals surface area contributed by atoms with Gasteiger partial charge in [-0.05, 0) is 68.8 Å². The second-order valence-electron chi connectivity index (χ2n) is 11.6. The molecule has 2 heterocycles. The van der Waals surface area contributed by atoms with Crippen LogP contribution < -0.4 is 0 Å². The lowest BCUT2D eigenvalue weighted by atomic mass is 9.94. The van der Waals surface area contributed by atoms with Gasteiger partial charge >= 0.3 is 0 Å². The van der Waals surface area contributed by atoms with Gasteiger partial charge in [-0.25, -0.2) is 15.0 Å². The van der Waals surface area contributed by atoms with E-state index in [0.717, 1.165) is 55.6 Å². The van der Waals surface area contributed by atoms with Crippen molar-refractivity contribution in [3.05, 3.63) is 182 Å². The highest BCUT2D eigenvalue weighted by Crippen LogP contribution is 2.34. The number of aromatic nitrogens is 4. The van der Waals surface area contributed by atoms with Gasteiger partial charge in [0.15, 0.2) is 17.5 Å². The summed E-state index contributed by atoms with van der Waals surface area (Å²) in [6, 6.07) is 58.6. The Labute approximate surface area is 280 Å². The molecule has 0 aliphatic heterocycles. The van der Waals surface area contributed by atoms with Crippen LogP contribution in [0.1, 0.15) is 0 Å². The first-order chi connectivity index (χ1) is 23.8. The van der Waals surface area contributed by atoms with Crippen LogP contribution in [0.5, 0.6) is 0 Å². The first-order valence-corrected chi connectivity index (χ1v) is 16.0. The highest BCUT2D eigenvalue weighted by atomic mass is 15.0. The molecule has 6 aromatic carbocycles. The first-order valence-electron chi connectivity index (χ1n) is 16.0. The normalized spacial score (nSPS) is 10.9. The minimum absolute atomic E-state index is 0.622. The standard InChI is InChI=1S/C44H30N4/c1-4-11-31(12-5-1)33-22-24-37(25-23-33)43-46-42(36-15-8-3-9-16-36)47-44(48-43)41-28-39(32-13-6-2-7-14-32)27-40(29-41)35-20-18-34(19-21-35)38-17-10-26-45-30-38/h1-30H. The van der Waals surface area contributed by atoms with E-state index in [9.17, 15) is 0 Å². The van der Waals surface area contributed by atoms with E-state index in [1.807, 2.05) is 54.7 Å². The van der Waals surface area contributed by atoms with Crippen LogP contribution in [0.25, 0.3) is 78.7 Å². The molecule has 0 saturated heterocycles. The van der Waals surface area contributed by atoms with E-state index in [-0.39, 0.29) is 0 Å². The Kier molecular flexibility index (Phi) is 7.87. The molecular formula is C44H30N4. The summed E-state index contributed by atoms with van der Waals surface area (Å²) >= 11 is 0. The molecule has 0 radical (unpaired) electrons. The zero-order valence-electron chi connectivity index (χ0n) is 26.1. The summed E-state index contributed by atoms with van der Waals surface area (Å²) in [4.78, 5) is 19.4. The molecule has 226 valence electrons. The Balaban J connectivity index is 1.26. The Hall–Kier alpha value is -6.52. The monoisotopic (exact) mass is 614 g/mol. The van der Waals surface area contributed by atoms with Gasteiger partial charge in [-0.1, -0.05) is 146 Å². The molecule has 0 amide bonds. The topological polar surface area (TPSA) is 51.6 Å². The summed E-state index contributed by atoms with van der Waals surface area (Å²) < 4.78 is 0. The SMILES string of the molecule is c1ccc(-c2ccc(-c3nc(-c4ccccc4)nc(-c4cc(-c5ccccc5)cc(-c5ccc(-c6cccnc6)cc5)c4)n3)cc2)cc1. The molecule has 0 atom stereocenters. The Bertz CT molecular complexity index is 2120. The maximum Gasteiger partial charge on any atom is 0.164 e. The minimum atomic E-state index is 0.622. The molecule has 48 heavy (non-hydrogen) atoms. The van der Waals surface area contributed by atoms with Crippen molar-refractivity contribution < 1.29 is 0 Å². The van der Waals surface area contributed by atoms with Gasteiger partial charge in [0.1, 0.15) is 0 Å². The fourth-order valence-corrected chi connectivity index (χ4v) is 5.90. The Morgan fingerprint density at radius 1 is 0.250 bits per heavy atom. The van der Waals surface area contributed by atoms with Crippen LogP contribution in [0.3, 0.4) is 0 Å². The Morgan fingerprint density at radius 3 is 1.08 bits per heavy atom. The van der Waals surface area contributed by atoms with Crippen LogP contribution in [0.15, 0.2) is 182 Å². The fourth-order valence-electron chi connectivity index (χ4n) is 5.90. The third-order valence-electron chi connectivity index (χ3n) is 8.43. The lowest BCUT2D eigenvalue weighted by Gasteiger charge is -2.13. The predicted molar refractivity (Wildman–Crippen MR) is 196 cm³/mol. The quantitative estimate of drug-likeness (QED) is 0.179. The van der Waals surface area contributed by atoms with Gasteiger partial charge in [-0.3, -0.25) is 4.98 Å². The molecule has 0 aliphatic rings. The number of nitrogens with zero attached hydrogens (tertiary/aromatic N) is 4. The van der Waals surface area contributed by atoms with Crippen LogP contribution in [-0.4, -0.2) is 19.9 Å². The van der Waals surface area contributed by atoms with Crippen LogP contribution >= 0.6 is 0 Å². The fraction of sp³-hybridized carbons (Fsp3) is 0. The van der Waals surface area contributed by atoms with Gasteiger partial charge in [0.2, 0.25) is 0 Å². The van der Waals surface area contributed by atoms with E-state index < -0.39 is 0 Å². The number of pyridine rings is 1. The lowest BCUT2D eigenvalue weighted by molar-refractivity contribution is 1.07. The molecule has 8 aromatic rings. The van der Waals surface area contributed by atoms with Crippen molar-refractivity contribution in [2.24, 2.45) is 0 Å². The van der Waals surface area contributed by atoms with Crippen molar-refractivity contribution in [1.29, 1.82) is 0 Å². The van der Waals surface area contributed by atoms with E-state index >= 15 is 0 Å². The minimum Gasteiger partial charge on any atom is -0.264 e. The molecule has 0 aliphatic carbocycles. The zero-order valence-corrected chi connectivity index (χ0v) is 26.1. The van der Waals surface area contributed by atoms with Crippen molar-refractivity contribution in [3.63, 3.8) is 0 Å². The average Bonchev–Trinajstić information content (AvgIpc) is 3.19. The first kappa shape index (κ1) is 28.9. The van der Waals surface area contributed by atoms with E-state index in [1.54, 1.807) is 6.20 Å². The van der Waals surface area contributed by atoms with Crippen molar-refractivity contribution >= 4 is 0 Å². The van der Waals surface area contributed by atoms with E-state index in [2.05, 4.69) is 126 Å². The number of benzene rings is 6. The van der Waals surface area contributed by atoms with Crippen LogP contribution in [0.4, 0.5) is 0 Å². The summed E-state index contributed by atoms with van der Waals surface area (Å²) in [5, 5.41) is 0. The van der Waals surface area contributed by atoms with E-state index in [0.29, 0.717) is 17.5 Å². The van der Waals surface area contributed by atoms with Gasteiger partial charge < -0.3 is 0 Å². The molecular weight excluding hydrogens is 585 g/mol. The zero-order chi connectivity index (χ0) is 32.1. The molecule has 2 aromatic heterocycles. The molecule has 0 bridgehead atoms. The number of rotatable bonds is 7. The van der Waals surface area contributed by atoms with Crippen molar-refractivity contribution in [2.75, 3.05) is 0 Å². The second-order valence-corrected chi connectivity index (χ2v) is 11.6. The van der Waals surface area contributed by atoms with Crippen molar-refractivity contribution in [3.8, 4) is 78.7 Å². The largest absolute Gasteiger partial charge is 0.264 e. The van der Waals surface area contributed by atoms with Gasteiger partial charge in [-0.2, -0.15) is 0 Å². The predicted octanol–water partition coefficient (Wildman–Crippen LogP) is 10.9. The van der Waals surface area contributed by atoms with Crippen LogP contribution in [0, 0.1) is 0 Å². The summed E-state index contributed by atoms with van der Waals surface area (Å²) in [5.74, 6) is 1.89. The summed E-state index contributed by atoms with van der Waals surface area (Å²) in [6.07, 6.45) is 3.69. The van der Waals surface area contributed by atoms with E-state index in [1.165, 1.54) is 5.56 Å². The molecule has 0 N–H and O–H groups in total. The lowest BCUT2D eigenvalue weighted by Crippen LogP contribution is -2.00. The maximum atomic E-state index is 5.10. The van der Waals surface area contributed by atoms with E-state index in [4.69, 9.17) is 15.0 Å². The molecule has 0 fully saturated rings. The second kappa shape index (κ2) is 13.1. The summed E-state index contributed by atoms with van der Waals surface area (Å²) in [6.45, 7) is 0. The molecule has 4 nitrogen and oxygen atoms in total. The summed E-state index contributed by atoms with van der Waals surface area (Å²) in [7, 11) is 0.